The third-order valence-corrected chi connectivity index (χ3v) is 11.1. The third kappa shape index (κ3) is 8.75. The fraction of sp³-hybridized carbons (Fsp3) is 0.409. The van der Waals surface area contributed by atoms with E-state index in [1.165, 1.54) is 5.56 Å². The molecule has 288 valence electrons. The van der Waals surface area contributed by atoms with E-state index in [2.05, 4.69) is 78.8 Å². The number of nitrogens with zero attached hydrogens (tertiary/aromatic N) is 5. The number of nitrogens with one attached hydrogen (secondary N) is 2. The van der Waals surface area contributed by atoms with Crippen molar-refractivity contribution in [2.45, 2.75) is 78.7 Å². The second-order valence-electron chi connectivity index (χ2n) is 14.8. The largest absolute Gasteiger partial charge is 0.381 e. The molecule has 4 heterocycles. The van der Waals surface area contributed by atoms with E-state index >= 15 is 0 Å². The summed E-state index contributed by atoms with van der Waals surface area (Å²) in [7, 11) is 0. The van der Waals surface area contributed by atoms with Gasteiger partial charge in [0, 0.05) is 74.4 Å². The Morgan fingerprint density at radius 2 is 1.78 bits per heavy atom. The number of aryl methyl sites for hydroxylation is 2. The van der Waals surface area contributed by atoms with Crippen LogP contribution in [-0.2, 0) is 37.3 Å². The van der Waals surface area contributed by atoms with E-state index in [9.17, 15) is 9.59 Å². The molecular formula is C44H54N8O3. The summed E-state index contributed by atoms with van der Waals surface area (Å²) in [5, 5.41) is 13.0. The first-order valence-corrected chi connectivity index (χ1v) is 19.8. The van der Waals surface area contributed by atoms with Gasteiger partial charge in [0.1, 0.15) is 0 Å². The molecule has 0 bridgehead atoms. The SMILES string of the molecule is CCc1nc2c(cnn2CC)c(NC2CCOCC2)c1CN(Cc1cccc(-c2cccc(CN3CCCNCC3)c2)c1C)C(=O)c1cccc(C(N)=O)c1. The number of anilines is 1. The Balaban J connectivity index is 1.28. The average Bonchev–Trinajstić information content (AvgIpc) is 3.45. The van der Waals surface area contributed by atoms with E-state index in [4.69, 9.17) is 20.6 Å². The van der Waals surface area contributed by atoms with Gasteiger partial charge in [0.15, 0.2) is 5.65 Å². The molecule has 2 saturated heterocycles. The van der Waals surface area contributed by atoms with E-state index in [0.717, 1.165) is 102 Å². The van der Waals surface area contributed by atoms with Crippen LogP contribution in [-0.4, -0.2) is 81.8 Å². The lowest BCUT2D eigenvalue weighted by Crippen LogP contribution is -2.33. The number of nitrogens with two attached hydrogens (primary N) is 1. The standard InChI is InChI=1S/C44H54N8O3/c1-4-40-39(41(48-36-16-22-55-23-17-36)38-26-47-52(5-2)43(38)49-40)29-51(44(54)34-13-7-12-33(25-34)42(45)53)28-35-14-8-15-37(30(35)3)32-11-6-10-31(24-32)27-50-20-9-18-46-19-21-50/h6-8,10-15,24-26,36,46H,4-5,9,16-23,27-29H2,1-3H3,(H2,45,53)(H,48,49). The van der Waals surface area contributed by atoms with Gasteiger partial charge in [0.2, 0.25) is 5.91 Å². The molecule has 4 N–H and O–H groups in total. The van der Waals surface area contributed by atoms with Crippen LogP contribution < -0.4 is 16.4 Å². The summed E-state index contributed by atoms with van der Waals surface area (Å²) in [6, 6.07) is 22.2. The minimum atomic E-state index is -0.571. The van der Waals surface area contributed by atoms with E-state index in [0.29, 0.717) is 50.4 Å². The third-order valence-electron chi connectivity index (χ3n) is 11.1. The van der Waals surface area contributed by atoms with Crippen molar-refractivity contribution in [3.05, 3.63) is 112 Å². The molecule has 5 aromatic rings. The number of hydrogen-bond donors (Lipinski definition) is 3. The molecule has 0 atom stereocenters. The van der Waals surface area contributed by atoms with E-state index in [-0.39, 0.29) is 11.9 Å². The predicted octanol–water partition coefficient (Wildman–Crippen LogP) is 6.32. The van der Waals surface area contributed by atoms with Crippen molar-refractivity contribution >= 4 is 28.5 Å². The molecule has 3 aromatic carbocycles. The molecular weight excluding hydrogens is 689 g/mol. The van der Waals surface area contributed by atoms with Crippen molar-refractivity contribution in [2.75, 3.05) is 44.7 Å². The molecule has 2 fully saturated rings. The van der Waals surface area contributed by atoms with Crippen molar-refractivity contribution in [3.8, 4) is 11.1 Å². The van der Waals surface area contributed by atoms with E-state index < -0.39 is 5.91 Å². The Bertz CT molecular complexity index is 2130. The minimum Gasteiger partial charge on any atom is -0.381 e. The summed E-state index contributed by atoms with van der Waals surface area (Å²) >= 11 is 0. The van der Waals surface area contributed by atoms with Gasteiger partial charge in [-0.15, -0.1) is 0 Å². The van der Waals surface area contributed by atoms with Gasteiger partial charge in [-0.1, -0.05) is 49.4 Å². The number of primary amides is 1. The van der Waals surface area contributed by atoms with Gasteiger partial charge in [-0.2, -0.15) is 5.10 Å². The first-order valence-electron chi connectivity index (χ1n) is 19.8. The Hall–Kier alpha value is -5.10. The van der Waals surface area contributed by atoms with Crippen LogP contribution in [0.25, 0.3) is 22.2 Å². The fourth-order valence-corrected chi connectivity index (χ4v) is 7.99. The van der Waals surface area contributed by atoms with Crippen LogP contribution in [0.2, 0.25) is 0 Å². The molecule has 55 heavy (non-hydrogen) atoms. The van der Waals surface area contributed by atoms with Gasteiger partial charge in [0.25, 0.3) is 5.91 Å². The zero-order valence-electron chi connectivity index (χ0n) is 32.4. The molecule has 0 saturated carbocycles. The maximum absolute atomic E-state index is 14.8. The fourth-order valence-electron chi connectivity index (χ4n) is 7.99. The van der Waals surface area contributed by atoms with Crippen LogP contribution in [0.3, 0.4) is 0 Å². The van der Waals surface area contributed by atoms with Crippen molar-refractivity contribution in [1.29, 1.82) is 0 Å². The van der Waals surface area contributed by atoms with Gasteiger partial charge >= 0.3 is 0 Å². The van der Waals surface area contributed by atoms with Gasteiger partial charge in [-0.3, -0.25) is 14.5 Å². The maximum Gasteiger partial charge on any atom is 0.254 e. The van der Waals surface area contributed by atoms with Crippen LogP contribution in [0, 0.1) is 6.92 Å². The number of amides is 2. The number of aromatic nitrogens is 3. The lowest BCUT2D eigenvalue weighted by Gasteiger charge is -2.30. The molecule has 0 spiro atoms. The van der Waals surface area contributed by atoms with Crippen LogP contribution in [0.15, 0.2) is 72.9 Å². The topological polar surface area (TPSA) is 131 Å². The summed E-state index contributed by atoms with van der Waals surface area (Å²) in [5.74, 6) is -0.761. The summed E-state index contributed by atoms with van der Waals surface area (Å²) < 4.78 is 7.63. The predicted molar refractivity (Wildman–Crippen MR) is 218 cm³/mol. The molecule has 2 aliphatic heterocycles. The van der Waals surface area contributed by atoms with Crippen LogP contribution in [0.5, 0.6) is 0 Å². The highest BCUT2D eigenvalue weighted by Crippen LogP contribution is 2.34. The van der Waals surface area contributed by atoms with Gasteiger partial charge in [0.05, 0.1) is 23.8 Å². The highest BCUT2D eigenvalue weighted by molar-refractivity contribution is 5.99. The Kier molecular flexibility index (Phi) is 12.2. The minimum absolute atomic E-state index is 0.190. The van der Waals surface area contributed by atoms with Gasteiger partial charge < -0.3 is 26.0 Å². The van der Waals surface area contributed by atoms with Crippen molar-refractivity contribution in [3.63, 3.8) is 0 Å². The average molecular weight is 743 g/mol. The first kappa shape index (κ1) is 38.2. The Morgan fingerprint density at radius 3 is 2.58 bits per heavy atom. The number of pyridine rings is 1. The zero-order valence-corrected chi connectivity index (χ0v) is 32.4. The number of hydrogen-bond acceptors (Lipinski definition) is 8. The van der Waals surface area contributed by atoms with Gasteiger partial charge in [-0.25, -0.2) is 9.67 Å². The molecule has 7 rings (SSSR count). The summed E-state index contributed by atoms with van der Waals surface area (Å²) in [4.78, 5) is 36.6. The molecule has 11 nitrogen and oxygen atoms in total. The first-order chi connectivity index (χ1) is 26.8. The number of carbonyl (C=O) groups excluding carboxylic acids is 2. The molecule has 2 aliphatic rings. The van der Waals surface area contributed by atoms with Crippen molar-refractivity contribution in [1.82, 2.24) is 29.9 Å². The molecule has 0 radical (unpaired) electrons. The van der Waals surface area contributed by atoms with Crippen LogP contribution >= 0.6 is 0 Å². The van der Waals surface area contributed by atoms with E-state index in [1.54, 1.807) is 24.3 Å². The lowest BCUT2D eigenvalue weighted by atomic mass is 9.94. The lowest BCUT2D eigenvalue weighted by molar-refractivity contribution is 0.0729. The number of ether oxygens (including phenoxy) is 1. The van der Waals surface area contributed by atoms with Crippen molar-refractivity contribution < 1.29 is 14.3 Å². The smallest absolute Gasteiger partial charge is 0.254 e. The quantitative estimate of drug-likeness (QED) is 0.128. The number of carbonyl (C=O) groups is 2. The van der Waals surface area contributed by atoms with Gasteiger partial charge in [-0.05, 0) is 105 Å². The monoisotopic (exact) mass is 742 g/mol. The summed E-state index contributed by atoms with van der Waals surface area (Å²) in [6.45, 7) is 14.2. The van der Waals surface area contributed by atoms with Crippen LogP contribution in [0.1, 0.15) is 81.8 Å². The molecule has 0 unspecified atom stereocenters. The van der Waals surface area contributed by atoms with Crippen LogP contribution in [0.4, 0.5) is 5.69 Å². The Labute approximate surface area is 324 Å². The second-order valence-corrected chi connectivity index (χ2v) is 14.8. The van der Waals surface area contributed by atoms with Crippen molar-refractivity contribution in [2.24, 2.45) is 5.73 Å². The number of rotatable bonds is 13. The Morgan fingerprint density at radius 1 is 0.982 bits per heavy atom. The maximum atomic E-state index is 14.8. The summed E-state index contributed by atoms with van der Waals surface area (Å²) in [5.41, 5.74) is 15.9. The molecule has 2 aromatic heterocycles. The summed E-state index contributed by atoms with van der Waals surface area (Å²) in [6.07, 6.45) is 5.50. The highest BCUT2D eigenvalue weighted by atomic mass is 16.5. The zero-order chi connectivity index (χ0) is 38.3. The normalized spacial score (nSPS) is 15.5. The van der Waals surface area contributed by atoms with E-state index in [1.807, 2.05) is 15.8 Å². The number of fused-ring (bicyclic) bond motifs is 1. The number of benzene rings is 3. The second kappa shape index (κ2) is 17.6. The molecule has 2 amide bonds. The molecule has 0 aliphatic carbocycles. The molecule has 11 heteroatoms. The highest BCUT2D eigenvalue weighted by Gasteiger charge is 2.26.